The van der Waals surface area contributed by atoms with Crippen molar-refractivity contribution in [1.29, 1.82) is 0 Å². The molecule has 0 aromatic heterocycles. The molecule has 1 saturated carbocycles. The maximum atomic E-state index is 14.3. The zero-order valence-electron chi connectivity index (χ0n) is 10.4. The Balaban J connectivity index is 2.58. The van der Waals surface area contributed by atoms with Crippen LogP contribution in [0.3, 0.4) is 0 Å². The molecule has 2 N–H and O–H groups in total. The first-order chi connectivity index (χ1) is 7.84. The van der Waals surface area contributed by atoms with E-state index in [2.05, 4.69) is 0 Å². The van der Waals surface area contributed by atoms with E-state index in [0.29, 0.717) is 10.6 Å². The van der Waals surface area contributed by atoms with E-state index in [9.17, 15) is 4.39 Å². The lowest BCUT2D eigenvalue weighted by Gasteiger charge is -2.31. The van der Waals surface area contributed by atoms with Gasteiger partial charge in [-0.2, -0.15) is 0 Å². The van der Waals surface area contributed by atoms with Crippen molar-refractivity contribution in [2.75, 3.05) is 0 Å². The van der Waals surface area contributed by atoms with E-state index in [1.54, 1.807) is 6.07 Å². The Bertz CT molecular complexity index is 417. The minimum absolute atomic E-state index is 0.399. The summed E-state index contributed by atoms with van der Waals surface area (Å²) in [6.45, 7) is 3.08. The normalized spacial score (nSPS) is 19.6. The first kappa shape index (κ1) is 12.8. The maximum Gasteiger partial charge on any atom is 0.132 e. The summed E-state index contributed by atoms with van der Waals surface area (Å²) in [5.74, 6) is 0. The van der Waals surface area contributed by atoms with E-state index in [4.69, 9.17) is 17.3 Å². The average Bonchev–Trinajstić information content (AvgIpc) is 2.64. The molecular formula is C14H19ClFN. The van der Waals surface area contributed by atoms with Gasteiger partial charge in [-0.3, -0.25) is 0 Å². The molecule has 1 aliphatic carbocycles. The van der Waals surface area contributed by atoms with E-state index >= 15 is 0 Å². The molecule has 0 saturated heterocycles. The minimum atomic E-state index is -1.46. The topological polar surface area (TPSA) is 26.0 Å². The zero-order chi connectivity index (χ0) is 12.7. The van der Waals surface area contributed by atoms with Crippen LogP contribution in [0.2, 0.25) is 5.02 Å². The Morgan fingerprint density at radius 2 is 1.88 bits per heavy atom. The molecule has 1 nitrogen and oxygen atoms in total. The largest absolute Gasteiger partial charge is 0.321 e. The summed E-state index contributed by atoms with van der Waals surface area (Å²) >= 11 is 6.16. The molecule has 3 heteroatoms. The molecule has 0 radical (unpaired) electrons. The van der Waals surface area contributed by atoms with Gasteiger partial charge in [-0.15, -0.1) is 0 Å². The number of alkyl halides is 1. The number of halogens is 2. The average molecular weight is 256 g/mol. The van der Waals surface area contributed by atoms with Crippen molar-refractivity contribution in [3.63, 3.8) is 0 Å². The molecule has 0 unspecified atom stereocenters. The number of hydrogen-bond acceptors (Lipinski definition) is 1. The fourth-order valence-electron chi connectivity index (χ4n) is 2.82. The Kier molecular flexibility index (Phi) is 3.21. The molecule has 1 aromatic carbocycles. The van der Waals surface area contributed by atoms with E-state index < -0.39 is 11.2 Å². The van der Waals surface area contributed by atoms with Gasteiger partial charge in [0.25, 0.3) is 0 Å². The van der Waals surface area contributed by atoms with Gasteiger partial charge in [0.2, 0.25) is 0 Å². The molecule has 1 aromatic rings. The van der Waals surface area contributed by atoms with Crippen LogP contribution in [-0.4, -0.2) is 0 Å². The van der Waals surface area contributed by atoms with Gasteiger partial charge in [-0.1, -0.05) is 36.6 Å². The van der Waals surface area contributed by atoms with Crippen LogP contribution in [0.1, 0.15) is 50.7 Å². The first-order valence-electron chi connectivity index (χ1n) is 6.12. The van der Waals surface area contributed by atoms with Crippen LogP contribution in [0, 0.1) is 0 Å². The molecule has 1 aliphatic rings. The van der Waals surface area contributed by atoms with Crippen LogP contribution in [0.4, 0.5) is 4.39 Å². The number of benzene rings is 1. The lowest BCUT2D eigenvalue weighted by Crippen LogP contribution is -2.36. The summed E-state index contributed by atoms with van der Waals surface area (Å²) in [5, 5.41) is 0.478. The third-order valence-corrected chi connectivity index (χ3v) is 3.96. The summed E-state index contributed by atoms with van der Waals surface area (Å²) in [6, 6.07) is 5.52. The van der Waals surface area contributed by atoms with Gasteiger partial charge in [-0.25, -0.2) is 4.39 Å². The quantitative estimate of drug-likeness (QED) is 0.839. The molecule has 0 bridgehead atoms. The van der Waals surface area contributed by atoms with Crippen LogP contribution >= 0.6 is 11.6 Å². The van der Waals surface area contributed by atoms with E-state index in [0.717, 1.165) is 31.2 Å². The van der Waals surface area contributed by atoms with E-state index in [1.165, 1.54) is 13.8 Å². The lowest BCUT2D eigenvalue weighted by molar-refractivity contribution is 0.216. The first-order valence-corrected chi connectivity index (χ1v) is 6.50. The Labute approximate surface area is 107 Å². The number of nitrogens with two attached hydrogens (primary N) is 1. The third-order valence-electron chi connectivity index (χ3n) is 3.64. The highest BCUT2D eigenvalue weighted by atomic mass is 35.5. The molecule has 0 aliphatic heterocycles. The number of hydrogen-bond donors (Lipinski definition) is 1. The number of rotatable bonds is 2. The van der Waals surface area contributed by atoms with Gasteiger partial charge < -0.3 is 5.73 Å². The molecule has 0 atom stereocenters. The van der Waals surface area contributed by atoms with Crippen molar-refractivity contribution >= 4 is 11.6 Å². The smallest absolute Gasteiger partial charge is 0.132 e. The molecule has 0 amide bonds. The summed E-state index contributed by atoms with van der Waals surface area (Å²) in [4.78, 5) is 0. The van der Waals surface area contributed by atoms with Crippen LogP contribution < -0.4 is 5.73 Å². The second kappa shape index (κ2) is 4.25. The van der Waals surface area contributed by atoms with E-state index in [1.807, 2.05) is 12.1 Å². The Morgan fingerprint density at radius 1 is 1.29 bits per heavy atom. The monoisotopic (exact) mass is 255 g/mol. The van der Waals surface area contributed by atoms with Gasteiger partial charge in [0.05, 0.1) is 0 Å². The molecule has 2 rings (SSSR count). The van der Waals surface area contributed by atoms with Crippen molar-refractivity contribution in [3.8, 4) is 0 Å². The van der Waals surface area contributed by atoms with Gasteiger partial charge in [0, 0.05) is 16.1 Å². The Hall–Kier alpha value is -0.600. The molecule has 94 valence electrons. The molecule has 1 fully saturated rings. The highest BCUT2D eigenvalue weighted by Gasteiger charge is 2.37. The minimum Gasteiger partial charge on any atom is -0.321 e. The van der Waals surface area contributed by atoms with E-state index in [-0.39, 0.29) is 0 Å². The fraction of sp³-hybridized carbons (Fsp3) is 0.571. The van der Waals surface area contributed by atoms with Crippen molar-refractivity contribution in [2.45, 2.75) is 50.7 Å². The summed E-state index contributed by atoms with van der Waals surface area (Å²) < 4.78 is 14.3. The second-order valence-electron chi connectivity index (χ2n) is 5.50. The highest BCUT2D eigenvalue weighted by molar-refractivity contribution is 6.31. The van der Waals surface area contributed by atoms with Crippen LogP contribution in [0.15, 0.2) is 18.2 Å². The van der Waals surface area contributed by atoms with Crippen LogP contribution in [0.25, 0.3) is 0 Å². The Morgan fingerprint density at radius 3 is 2.41 bits per heavy atom. The van der Waals surface area contributed by atoms with Crippen molar-refractivity contribution in [3.05, 3.63) is 34.3 Å². The van der Waals surface area contributed by atoms with Crippen molar-refractivity contribution in [1.82, 2.24) is 0 Å². The fourth-order valence-corrected chi connectivity index (χ4v) is 3.22. The zero-order valence-corrected chi connectivity index (χ0v) is 11.1. The van der Waals surface area contributed by atoms with Crippen molar-refractivity contribution < 1.29 is 4.39 Å². The third kappa shape index (κ3) is 2.34. The highest BCUT2D eigenvalue weighted by Crippen LogP contribution is 2.43. The maximum absolute atomic E-state index is 14.3. The summed E-state index contributed by atoms with van der Waals surface area (Å²) in [7, 11) is 0. The summed E-state index contributed by atoms with van der Waals surface area (Å²) in [6.07, 6.45) is 4.04. The second-order valence-corrected chi connectivity index (χ2v) is 5.91. The van der Waals surface area contributed by atoms with Crippen LogP contribution in [-0.2, 0) is 11.2 Å². The van der Waals surface area contributed by atoms with Gasteiger partial charge in [0.1, 0.15) is 5.67 Å². The predicted molar refractivity (Wildman–Crippen MR) is 69.9 cm³/mol. The molecular weight excluding hydrogens is 237 g/mol. The molecule has 0 heterocycles. The van der Waals surface area contributed by atoms with Gasteiger partial charge in [-0.05, 0) is 38.3 Å². The molecule has 17 heavy (non-hydrogen) atoms. The van der Waals surface area contributed by atoms with Crippen LogP contribution in [0.5, 0.6) is 0 Å². The van der Waals surface area contributed by atoms with Gasteiger partial charge >= 0.3 is 0 Å². The predicted octanol–water partition coefficient (Wildman–Crippen LogP) is 4.27. The van der Waals surface area contributed by atoms with Crippen molar-refractivity contribution in [2.24, 2.45) is 5.73 Å². The summed E-state index contributed by atoms with van der Waals surface area (Å²) in [5.41, 5.74) is 6.01. The standard InChI is InChI=1S/C14H19ClFN/c1-13(2,16)12-10(6-5-7-11(12)15)14(17)8-3-4-9-14/h5-7H,3-4,8-9,17H2,1-2H3. The lowest BCUT2D eigenvalue weighted by atomic mass is 9.81. The molecule has 0 spiro atoms. The SMILES string of the molecule is CC(C)(F)c1c(Cl)cccc1C1(N)CCCC1. The van der Waals surface area contributed by atoms with Gasteiger partial charge in [0.15, 0.2) is 0 Å².